The standard InChI is InChI=1S/C49H37N3O/c1-2-8-32(9-3-1)46-50-47(33-16-14-31(15-17-33)34-18-21-41-40-11-5-7-13-44(40)53-45(41)28-34)52-48(51-46)35-19-20-39-38-10-4-6-12-42(38)49(43(39)27-35)36-23-29-22-30(25-36)26-37(49)24-29/h1-21,27-30,36-37H,22-26H2. The fourth-order valence-corrected chi connectivity index (χ4v) is 11.4. The largest absolute Gasteiger partial charge is 0.456 e. The van der Waals surface area contributed by atoms with Crippen LogP contribution in [0.3, 0.4) is 0 Å². The summed E-state index contributed by atoms with van der Waals surface area (Å²) in [6, 6.07) is 50.0. The summed E-state index contributed by atoms with van der Waals surface area (Å²) in [4.78, 5) is 15.5. The summed E-state index contributed by atoms with van der Waals surface area (Å²) in [5.74, 6) is 5.32. The van der Waals surface area contributed by atoms with Crippen LogP contribution in [0.25, 0.3) is 78.4 Å². The zero-order valence-electron chi connectivity index (χ0n) is 29.4. The average Bonchev–Trinajstić information content (AvgIpc) is 3.73. The Balaban J connectivity index is 0.970. The van der Waals surface area contributed by atoms with E-state index in [1.54, 1.807) is 5.56 Å². The van der Waals surface area contributed by atoms with Crippen LogP contribution in [-0.4, -0.2) is 15.0 Å². The third-order valence-corrected chi connectivity index (χ3v) is 13.3. The van der Waals surface area contributed by atoms with Gasteiger partial charge in [-0.05, 0) is 113 Å². The summed E-state index contributed by atoms with van der Waals surface area (Å²) in [5, 5.41) is 2.28. The van der Waals surface area contributed by atoms with E-state index in [9.17, 15) is 0 Å². The summed E-state index contributed by atoms with van der Waals surface area (Å²) in [7, 11) is 0. The van der Waals surface area contributed by atoms with Crippen molar-refractivity contribution in [1.29, 1.82) is 0 Å². The minimum Gasteiger partial charge on any atom is -0.456 e. The number of fused-ring (bicyclic) bond motifs is 6. The second-order valence-corrected chi connectivity index (χ2v) is 16.0. The summed E-state index contributed by atoms with van der Waals surface area (Å²) in [6.07, 6.45) is 6.90. The van der Waals surface area contributed by atoms with Crippen molar-refractivity contribution in [3.05, 3.63) is 151 Å². The molecule has 0 amide bonds. The van der Waals surface area contributed by atoms with Gasteiger partial charge in [0.1, 0.15) is 11.2 Å². The van der Waals surface area contributed by atoms with Crippen molar-refractivity contribution in [2.45, 2.75) is 37.5 Å². The molecule has 4 saturated carbocycles. The molecule has 1 spiro atoms. The molecule has 5 aliphatic carbocycles. The summed E-state index contributed by atoms with van der Waals surface area (Å²) >= 11 is 0. The SMILES string of the molecule is c1ccc(-c2nc(-c3ccc(-c4ccc5c(c4)oc4ccccc45)cc3)nc(-c3ccc4c(c3)C3(c5ccccc5-4)C4CC5CC(C4)CC3C5)n2)cc1. The number of hydrogen-bond donors (Lipinski definition) is 0. The predicted octanol–water partition coefficient (Wildman–Crippen LogP) is 12.2. The maximum atomic E-state index is 6.20. The Morgan fingerprint density at radius 2 is 0.981 bits per heavy atom. The van der Waals surface area contributed by atoms with E-state index < -0.39 is 0 Å². The van der Waals surface area contributed by atoms with E-state index in [1.807, 2.05) is 18.2 Å². The van der Waals surface area contributed by atoms with Gasteiger partial charge in [0, 0.05) is 32.9 Å². The number of benzene rings is 6. The van der Waals surface area contributed by atoms with E-state index in [1.165, 1.54) is 48.8 Å². The van der Waals surface area contributed by atoms with E-state index in [0.717, 1.165) is 67.4 Å². The average molecular weight is 684 g/mol. The molecular weight excluding hydrogens is 647 g/mol. The molecule has 53 heavy (non-hydrogen) atoms. The molecule has 254 valence electrons. The highest BCUT2D eigenvalue weighted by atomic mass is 16.3. The molecule has 5 aliphatic rings. The second kappa shape index (κ2) is 11.1. The quantitative estimate of drug-likeness (QED) is 0.185. The molecule has 6 aromatic carbocycles. The van der Waals surface area contributed by atoms with Crippen molar-refractivity contribution < 1.29 is 4.42 Å². The van der Waals surface area contributed by atoms with Crippen molar-refractivity contribution in [1.82, 2.24) is 15.0 Å². The van der Waals surface area contributed by atoms with Gasteiger partial charge in [0.05, 0.1) is 0 Å². The van der Waals surface area contributed by atoms with E-state index in [4.69, 9.17) is 19.4 Å². The van der Waals surface area contributed by atoms with Crippen molar-refractivity contribution in [3.63, 3.8) is 0 Å². The zero-order valence-corrected chi connectivity index (χ0v) is 29.4. The Morgan fingerprint density at radius 3 is 1.75 bits per heavy atom. The molecule has 8 aromatic rings. The Bertz CT molecular complexity index is 2720. The lowest BCUT2D eigenvalue weighted by atomic mass is 9.43. The number of hydrogen-bond acceptors (Lipinski definition) is 4. The van der Waals surface area contributed by atoms with E-state index in [0.29, 0.717) is 23.5 Å². The molecule has 0 aliphatic heterocycles. The van der Waals surface area contributed by atoms with Crippen molar-refractivity contribution in [2.24, 2.45) is 23.7 Å². The fourth-order valence-electron chi connectivity index (χ4n) is 11.4. The number of nitrogens with zero attached hydrogens (tertiary/aromatic N) is 3. The third-order valence-electron chi connectivity index (χ3n) is 13.3. The number of aromatic nitrogens is 3. The van der Waals surface area contributed by atoms with E-state index >= 15 is 0 Å². The van der Waals surface area contributed by atoms with Gasteiger partial charge in [-0.3, -0.25) is 0 Å². The van der Waals surface area contributed by atoms with Gasteiger partial charge in [0.25, 0.3) is 0 Å². The van der Waals surface area contributed by atoms with Gasteiger partial charge in [0.2, 0.25) is 0 Å². The topological polar surface area (TPSA) is 51.8 Å². The van der Waals surface area contributed by atoms with Gasteiger partial charge < -0.3 is 4.42 Å². The highest BCUT2D eigenvalue weighted by Gasteiger charge is 2.61. The van der Waals surface area contributed by atoms with E-state index in [2.05, 4.69) is 121 Å². The monoisotopic (exact) mass is 683 g/mol. The molecule has 4 nitrogen and oxygen atoms in total. The van der Waals surface area contributed by atoms with Crippen LogP contribution >= 0.6 is 0 Å². The van der Waals surface area contributed by atoms with Crippen LogP contribution < -0.4 is 0 Å². The van der Waals surface area contributed by atoms with Gasteiger partial charge in [-0.25, -0.2) is 15.0 Å². The minimum atomic E-state index is 0.0920. The summed E-state index contributed by atoms with van der Waals surface area (Å²) < 4.78 is 6.20. The first kappa shape index (κ1) is 29.7. The lowest BCUT2D eigenvalue weighted by Crippen LogP contribution is -2.55. The van der Waals surface area contributed by atoms with Crippen LogP contribution in [0.5, 0.6) is 0 Å². The van der Waals surface area contributed by atoms with Crippen LogP contribution in [0.2, 0.25) is 0 Å². The molecule has 4 bridgehead atoms. The van der Waals surface area contributed by atoms with E-state index in [-0.39, 0.29) is 5.41 Å². The molecule has 4 fully saturated rings. The molecular formula is C49H37N3O. The van der Waals surface area contributed by atoms with Gasteiger partial charge in [-0.2, -0.15) is 0 Å². The van der Waals surface area contributed by atoms with Gasteiger partial charge >= 0.3 is 0 Å². The van der Waals surface area contributed by atoms with Crippen molar-refractivity contribution in [3.8, 4) is 56.4 Å². The van der Waals surface area contributed by atoms with Crippen LogP contribution in [0, 0.1) is 23.7 Å². The molecule has 0 unspecified atom stereocenters. The smallest absolute Gasteiger partial charge is 0.164 e. The first-order valence-corrected chi connectivity index (χ1v) is 19.3. The second-order valence-electron chi connectivity index (χ2n) is 16.0. The zero-order chi connectivity index (χ0) is 34.7. The Kier molecular flexibility index (Phi) is 6.20. The fraction of sp³-hybridized carbons (Fsp3) is 0.204. The minimum absolute atomic E-state index is 0.0920. The molecule has 0 radical (unpaired) electrons. The van der Waals surface area contributed by atoms with Crippen LogP contribution in [0.4, 0.5) is 0 Å². The van der Waals surface area contributed by atoms with Gasteiger partial charge in [0.15, 0.2) is 17.5 Å². The Morgan fingerprint density at radius 1 is 0.415 bits per heavy atom. The maximum Gasteiger partial charge on any atom is 0.164 e. The molecule has 13 rings (SSSR count). The molecule has 2 aromatic heterocycles. The molecule has 2 heterocycles. The van der Waals surface area contributed by atoms with Crippen LogP contribution in [0.1, 0.15) is 43.2 Å². The Labute approximate surface area is 308 Å². The Hall–Kier alpha value is -5.87. The molecule has 0 saturated heterocycles. The summed E-state index contributed by atoms with van der Waals surface area (Å²) in [5.41, 5.74) is 13.1. The molecule has 0 N–H and O–H groups in total. The number of furan rings is 1. The first-order valence-electron chi connectivity index (χ1n) is 19.3. The molecule has 0 atom stereocenters. The lowest BCUT2D eigenvalue weighted by Gasteiger charge is -2.61. The van der Waals surface area contributed by atoms with Crippen molar-refractivity contribution >= 4 is 21.9 Å². The molecule has 4 heteroatoms. The highest BCUT2D eigenvalue weighted by Crippen LogP contribution is 2.69. The lowest BCUT2D eigenvalue weighted by molar-refractivity contribution is -0.0399. The normalized spacial score (nSPS) is 23.5. The van der Waals surface area contributed by atoms with Crippen LogP contribution in [-0.2, 0) is 5.41 Å². The number of rotatable bonds is 4. The van der Waals surface area contributed by atoms with Crippen LogP contribution in [0.15, 0.2) is 144 Å². The summed E-state index contributed by atoms with van der Waals surface area (Å²) in [6.45, 7) is 0. The van der Waals surface area contributed by atoms with Gasteiger partial charge in [-0.1, -0.05) is 115 Å². The highest BCUT2D eigenvalue weighted by molar-refractivity contribution is 6.05. The first-order chi connectivity index (χ1) is 26.2. The predicted molar refractivity (Wildman–Crippen MR) is 212 cm³/mol. The number of para-hydroxylation sites is 1. The maximum absolute atomic E-state index is 6.20. The van der Waals surface area contributed by atoms with Crippen molar-refractivity contribution in [2.75, 3.05) is 0 Å². The van der Waals surface area contributed by atoms with Gasteiger partial charge in [-0.15, -0.1) is 0 Å². The third kappa shape index (κ3) is 4.32.